The number of hydrogen-bond donors (Lipinski definition) is 0. The number of halogens is 4. The highest BCUT2D eigenvalue weighted by Gasteiger charge is 2.20. The van der Waals surface area contributed by atoms with E-state index in [4.69, 9.17) is 34.8 Å². The van der Waals surface area contributed by atoms with E-state index < -0.39 is 11.2 Å². The van der Waals surface area contributed by atoms with Gasteiger partial charge in [-0.3, -0.25) is 4.57 Å². The van der Waals surface area contributed by atoms with Crippen molar-refractivity contribution in [3.63, 3.8) is 0 Å². The van der Waals surface area contributed by atoms with Gasteiger partial charge in [0.2, 0.25) is 0 Å². The molecule has 0 radical (unpaired) electrons. The van der Waals surface area contributed by atoms with Crippen molar-refractivity contribution in [3.05, 3.63) is 58.1 Å². The fourth-order valence-corrected chi connectivity index (χ4v) is 2.78. The molecule has 1 aromatic heterocycles. The van der Waals surface area contributed by atoms with Crippen LogP contribution in [0.15, 0.2) is 36.4 Å². The maximum atomic E-state index is 14.0. The predicted molar refractivity (Wildman–Crippen MR) is 85.3 cm³/mol. The number of nitrogens with zero attached hydrogens (tertiary/aromatic N) is 2. The van der Waals surface area contributed by atoms with Gasteiger partial charge in [-0.05, 0) is 37.3 Å². The summed E-state index contributed by atoms with van der Waals surface area (Å²) < 4.78 is 15.7. The maximum absolute atomic E-state index is 14.0. The van der Waals surface area contributed by atoms with Gasteiger partial charge < -0.3 is 0 Å². The average molecular weight is 344 g/mol. The number of imidazole rings is 1. The molecule has 3 aromatic rings. The van der Waals surface area contributed by atoms with Crippen LogP contribution in [0.5, 0.6) is 0 Å². The van der Waals surface area contributed by atoms with E-state index in [1.165, 1.54) is 6.07 Å². The number of fused-ring (bicyclic) bond motifs is 1. The van der Waals surface area contributed by atoms with E-state index in [9.17, 15) is 4.39 Å². The fraction of sp³-hybridized carbons (Fsp3) is 0.133. The Kier molecular flexibility index (Phi) is 3.82. The Labute approximate surface area is 136 Å². The Morgan fingerprint density at radius 2 is 1.95 bits per heavy atom. The van der Waals surface area contributed by atoms with Crippen LogP contribution in [0.1, 0.15) is 18.1 Å². The van der Waals surface area contributed by atoms with Crippen molar-refractivity contribution >= 4 is 45.8 Å². The first kappa shape index (κ1) is 14.6. The normalized spacial score (nSPS) is 12.8. The minimum absolute atomic E-state index is 0.260. The Hall–Kier alpha value is -1.29. The lowest BCUT2D eigenvalue weighted by molar-refractivity contribution is 0.637. The molecule has 1 atom stereocenters. The molecule has 21 heavy (non-hydrogen) atoms. The number of rotatable bonds is 2. The second-order valence-electron chi connectivity index (χ2n) is 4.62. The van der Waals surface area contributed by atoms with Crippen molar-refractivity contribution in [2.75, 3.05) is 0 Å². The molecule has 0 aliphatic heterocycles. The molecule has 0 aliphatic rings. The van der Waals surface area contributed by atoms with Gasteiger partial charge in [-0.1, -0.05) is 29.3 Å². The van der Waals surface area contributed by atoms with Crippen molar-refractivity contribution < 1.29 is 4.39 Å². The van der Waals surface area contributed by atoms with Crippen LogP contribution in [0.3, 0.4) is 0 Å². The van der Waals surface area contributed by atoms with E-state index in [0.29, 0.717) is 27.1 Å². The molecule has 1 unspecified atom stereocenters. The topological polar surface area (TPSA) is 17.8 Å². The second kappa shape index (κ2) is 5.48. The molecule has 2 nitrogen and oxygen atoms in total. The molecule has 0 fully saturated rings. The monoisotopic (exact) mass is 342 g/mol. The van der Waals surface area contributed by atoms with Crippen LogP contribution in [0.25, 0.3) is 16.7 Å². The number of hydrogen-bond acceptors (Lipinski definition) is 1. The summed E-state index contributed by atoms with van der Waals surface area (Å²) in [6, 6.07) is 9.84. The smallest absolute Gasteiger partial charge is 0.151 e. The first-order chi connectivity index (χ1) is 9.99. The third-order valence-electron chi connectivity index (χ3n) is 3.17. The molecule has 2 aromatic carbocycles. The summed E-state index contributed by atoms with van der Waals surface area (Å²) >= 11 is 18.5. The summed E-state index contributed by atoms with van der Waals surface area (Å²) in [6.45, 7) is 1.77. The highest BCUT2D eigenvalue weighted by molar-refractivity contribution is 6.34. The van der Waals surface area contributed by atoms with Crippen molar-refractivity contribution in [2.24, 2.45) is 0 Å². The zero-order valence-electron chi connectivity index (χ0n) is 10.9. The summed E-state index contributed by atoms with van der Waals surface area (Å²) in [4.78, 5) is 4.31. The molecule has 108 valence electrons. The molecular weight excluding hydrogens is 334 g/mol. The van der Waals surface area contributed by atoms with Crippen LogP contribution < -0.4 is 0 Å². The van der Waals surface area contributed by atoms with Crippen LogP contribution in [0.2, 0.25) is 10.0 Å². The van der Waals surface area contributed by atoms with E-state index in [1.54, 1.807) is 41.8 Å². The highest BCUT2D eigenvalue weighted by atomic mass is 35.5. The summed E-state index contributed by atoms with van der Waals surface area (Å²) in [5, 5.41) is 0.606. The van der Waals surface area contributed by atoms with E-state index in [0.717, 1.165) is 0 Å². The molecule has 0 aliphatic carbocycles. The Bertz CT molecular complexity index is 827. The summed E-state index contributed by atoms with van der Waals surface area (Å²) in [5.74, 6) is 0.115. The Morgan fingerprint density at radius 1 is 1.19 bits per heavy atom. The lowest BCUT2D eigenvalue weighted by Crippen LogP contribution is -2.02. The number of alkyl halides is 1. The van der Waals surface area contributed by atoms with Gasteiger partial charge in [-0.25, -0.2) is 9.37 Å². The SMILES string of the molecule is CC(Cl)c1nc2c(F)cccc2n1-c1cc(Cl)ccc1Cl. The van der Waals surface area contributed by atoms with E-state index in [1.807, 2.05) is 0 Å². The fourth-order valence-electron chi connectivity index (χ4n) is 2.26. The van der Waals surface area contributed by atoms with Crippen molar-refractivity contribution in [2.45, 2.75) is 12.3 Å². The minimum atomic E-state index is -0.410. The first-order valence-corrected chi connectivity index (χ1v) is 7.44. The number of benzene rings is 2. The van der Waals surface area contributed by atoms with E-state index in [2.05, 4.69) is 4.98 Å². The van der Waals surface area contributed by atoms with Crippen molar-refractivity contribution in [1.29, 1.82) is 0 Å². The first-order valence-electron chi connectivity index (χ1n) is 6.25. The minimum Gasteiger partial charge on any atom is -0.293 e. The number of aromatic nitrogens is 2. The van der Waals surface area contributed by atoms with Crippen LogP contribution in [-0.4, -0.2) is 9.55 Å². The number of para-hydroxylation sites is 1. The largest absolute Gasteiger partial charge is 0.293 e. The third kappa shape index (κ3) is 2.50. The summed E-state index contributed by atoms with van der Waals surface area (Å²) in [6.07, 6.45) is 0. The Morgan fingerprint density at radius 3 is 2.67 bits per heavy atom. The summed E-state index contributed by atoms with van der Waals surface area (Å²) in [7, 11) is 0. The zero-order chi connectivity index (χ0) is 15.1. The molecule has 0 bridgehead atoms. The van der Waals surface area contributed by atoms with E-state index in [-0.39, 0.29) is 5.52 Å². The standard InChI is InChI=1S/C15H10Cl3FN2/c1-8(16)15-20-14-11(19)3-2-4-12(14)21(15)13-7-9(17)5-6-10(13)18/h2-8H,1H3. The van der Waals surface area contributed by atoms with E-state index >= 15 is 0 Å². The van der Waals surface area contributed by atoms with Crippen LogP contribution in [0.4, 0.5) is 4.39 Å². The molecular formula is C15H10Cl3FN2. The van der Waals surface area contributed by atoms with Gasteiger partial charge in [-0.15, -0.1) is 11.6 Å². The molecule has 1 heterocycles. The lowest BCUT2D eigenvalue weighted by atomic mass is 10.2. The van der Waals surface area contributed by atoms with Gasteiger partial charge in [0.05, 0.1) is 21.6 Å². The summed E-state index contributed by atoms with van der Waals surface area (Å²) in [5.41, 5.74) is 1.48. The van der Waals surface area contributed by atoms with Gasteiger partial charge in [0.15, 0.2) is 5.82 Å². The quantitative estimate of drug-likeness (QED) is 0.540. The second-order valence-corrected chi connectivity index (χ2v) is 6.12. The third-order valence-corrected chi connectivity index (χ3v) is 3.92. The van der Waals surface area contributed by atoms with Gasteiger partial charge in [0.1, 0.15) is 11.3 Å². The molecule has 3 rings (SSSR count). The molecule has 0 spiro atoms. The van der Waals surface area contributed by atoms with Crippen LogP contribution >= 0.6 is 34.8 Å². The van der Waals surface area contributed by atoms with Crippen LogP contribution in [0, 0.1) is 5.82 Å². The van der Waals surface area contributed by atoms with Crippen molar-refractivity contribution in [1.82, 2.24) is 9.55 Å². The molecule has 0 saturated carbocycles. The molecule has 0 amide bonds. The van der Waals surface area contributed by atoms with Crippen molar-refractivity contribution in [3.8, 4) is 5.69 Å². The molecule has 6 heteroatoms. The Balaban J connectivity index is 2.42. The van der Waals surface area contributed by atoms with Crippen LogP contribution in [-0.2, 0) is 0 Å². The molecule has 0 N–H and O–H groups in total. The zero-order valence-corrected chi connectivity index (χ0v) is 13.2. The average Bonchev–Trinajstić information content (AvgIpc) is 2.82. The maximum Gasteiger partial charge on any atom is 0.151 e. The van der Waals surface area contributed by atoms with Gasteiger partial charge in [0.25, 0.3) is 0 Å². The van der Waals surface area contributed by atoms with Gasteiger partial charge in [0, 0.05) is 5.02 Å². The predicted octanol–water partition coefficient (Wildman–Crippen LogP) is 5.77. The van der Waals surface area contributed by atoms with Gasteiger partial charge in [-0.2, -0.15) is 0 Å². The van der Waals surface area contributed by atoms with Gasteiger partial charge >= 0.3 is 0 Å². The molecule has 0 saturated heterocycles. The lowest BCUT2D eigenvalue weighted by Gasteiger charge is -2.12. The highest BCUT2D eigenvalue weighted by Crippen LogP contribution is 2.33.